The Morgan fingerprint density at radius 1 is 1.15 bits per heavy atom. The maximum atomic E-state index is 14.2. The number of aromatic nitrogens is 1. The normalized spacial score (nSPS) is 22.2. The molecule has 174 valence electrons. The van der Waals surface area contributed by atoms with Gasteiger partial charge >= 0.3 is 0 Å². The van der Waals surface area contributed by atoms with E-state index in [-0.39, 0.29) is 11.8 Å². The van der Waals surface area contributed by atoms with Crippen LogP contribution in [0.4, 0.5) is 4.39 Å². The summed E-state index contributed by atoms with van der Waals surface area (Å²) in [7, 11) is 0. The van der Waals surface area contributed by atoms with Crippen molar-refractivity contribution < 1.29 is 9.13 Å². The molecule has 1 aromatic heterocycles. The van der Waals surface area contributed by atoms with Crippen LogP contribution in [0.2, 0.25) is 0 Å². The second-order valence-electron chi connectivity index (χ2n) is 9.96. The maximum Gasteiger partial charge on any atom is 0.125 e. The molecule has 2 aliphatic rings. The average Bonchev–Trinajstić information content (AvgIpc) is 3.14. The van der Waals surface area contributed by atoms with Crippen LogP contribution in [0.5, 0.6) is 5.75 Å². The van der Waals surface area contributed by atoms with Crippen LogP contribution in [0, 0.1) is 17.2 Å². The van der Waals surface area contributed by atoms with Gasteiger partial charge in [0.25, 0.3) is 0 Å². The summed E-state index contributed by atoms with van der Waals surface area (Å²) in [6.07, 6.45) is 5.29. The lowest BCUT2D eigenvalue weighted by Crippen LogP contribution is -2.22. The third kappa shape index (κ3) is 4.05. The van der Waals surface area contributed by atoms with Crippen molar-refractivity contribution in [3.8, 4) is 11.8 Å². The number of benzene rings is 2. The van der Waals surface area contributed by atoms with Gasteiger partial charge in [0.05, 0.1) is 11.6 Å². The molecule has 1 unspecified atom stereocenters. The highest BCUT2D eigenvalue weighted by molar-refractivity contribution is 5.92. The van der Waals surface area contributed by atoms with Crippen molar-refractivity contribution in [3.63, 3.8) is 0 Å². The molecule has 0 N–H and O–H groups in total. The van der Waals surface area contributed by atoms with Crippen molar-refractivity contribution in [2.45, 2.75) is 64.6 Å². The number of nitriles is 1. The van der Waals surface area contributed by atoms with Gasteiger partial charge in [-0.05, 0) is 72.6 Å². The van der Waals surface area contributed by atoms with Crippen molar-refractivity contribution >= 4 is 16.6 Å². The molecule has 0 spiro atoms. The van der Waals surface area contributed by atoms with Crippen molar-refractivity contribution in [2.24, 2.45) is 5.92 Å². The van der Waals surface area contributed by atoms with Crippen molar-refractivity contribution in [1.82, 2.24) is 4.57 Å². The predicted molar refractivity (Wildman–Crippen MR) is 135 cm³/mol. The number of halogens is 1. The van der Waals surface area contributed by atoms with E-state index in [4.69, 9.17) is 4.74 Å². The van der Waals surface area contributed by atoms with E-state index in [0.717, 1.165) is 40.9 Å². The molecule has 0 amide bonds. The summed E-state index contributed by atoms with van der Waals surface area (Å²) in [6, 6.07) is 18.9. The highest BCUT2D eigenvalue weighted by atomic mass is 19.1. The van der Waals surface area contributed by atoms with E-state index in [0.29, 0.717) is 18.9 Å². The topological polar surface area (TPSA) is 38.0 Å². The summed E-state index contributed by atoms with van der Waals surface area (Å²) >= 11 is 0. The van der Waals surface area contributed by atoms with Crippen LogP contribution in [0.3, 0.4) is 0 Å². The van der Waals surface area contributed by atoms with E-state index >= 15 is 0 Å². The SMILES string of the molecule is CC1=CC(n2c(C(C)C)c(C3CC(C#N)C3)c3cc(OCc4ccccc4)ccc32)=CCC1F. The highest BCUT2D eigenvalue weighted by Crippen LogP contribution is 2.49. The standard InChI is InChI=1S/C30H31FN2O/c1-19(2)30-29(23-14-22(15-23)17-32)26-16-25(34-18-21-7-5-4-6-8-21)10-12-28(26)33(30)24-9-11-27(31)20(3)13-24/h4-10,12-13,16,19,22-23,27H,11,14-15,18H2,1-3H3. The van der Waals surface area contributed by atoms with Crippen LogP contribution in [0.1, 0.15) is 68.7 Å². The Morgan fingerprint density at radius 3 is 2.59 bits per heavy atom. The lowest BCUT2D eigenvalue weighted by atomic mass is 9.70. The van der Waals surface area contributed by atoms with Crippen LogP contribution in [-0.2, 0) is 6.61 Å². The minimum Gasteiger partial charge on any atom is -0.489 e. The quantitative estimate of drug-likeness (QED) is 0.380. The Balaban J connectivity index is 1.62. The van der Waals surface area contributed by atoms with Gasteiger partial charge in [-0.15, -0.1) is 0 Å². The van der Waals surface area contributed by atoms with Gasteiger partial charge in [0.15, 0.2) is 0 Å². The maximum absolute atomic E-state index is 14.2. The number of nitrogens with zero attached hydrogens (tertiary/aromatic N) is 2. The summed E-state index contributed by atoms with van der Waals surface area (Å²) < 4.78 is 22.7. The zero-order chi connectivity index (χ0) is 23.8. The van der Waals surface area contributed by atoms with E-state index < -0.39 is 6.17 Å². The monoisotopic (exact) mass is 454 g/mol. The molecule has 2 aliphatic carbocycles. The number of allylic oxidation sites excluding steroid dienone is 4. The molecule has 3 aromatic rings. The van der Waals surface area contributed by atoms with E-state index in [2.05, 4.69) is 48.7 Å². The summed E-state index contributed by atoms with van der Waals surface area (Å²) in [5.41, 5.74) is 6.67. The van der Waals surface area contributed by atoms with Gasteiger partial charge in [-0.3, -0.25) is 0 Å². The van der Waals surface area contributed by atoms with Gasteiger partial charge in [0, 0.05) is 29.1 Å². The molecule has 2 aromatic carbocycles. The molecule has 0 aliphatic heterocycles. The van der Waals surface area contributed by atoms with E-state index in [1.165, 1.54) is 16.6 Å². The molecule has 1 saturated carbocycles. The van der Waals surface area contributed by atoms with Crippen LogP contribution in [0.25, 0.3) is 16.6 Å². The van der Waals surface area contributed by atoms with Crippen LogP contribution < -0.4 is 4.74 Å². The number of rotatable bonds is 6. The van der Waals surface area contributed by atoms with Crippen LogP contribution in [-0.4, -0.2) is 10.7 Å². The van der Waals surface area contributed by atoms with Crippen molar-refractivity contribution in [1.29, 1.82) is 5.26 Å². The van der Waals surface area contributed by atoms with Crippen LogP contribution >= 0.6 is 0 Å². The molecule has 3 nitrogen and oxygen atoms in total. The highest BCUT2D eigenvalue weighted by Gasteiger charge is 2.36. The first-order valence-electron chi connectivity index (χ1n) is 12.2. The lowest BCUT2D eigenvalue weighted by Gasteiger charge is -2.32. The van der Waals surface area contributed by atoms with Crippen LogP contribution in [0.15, 0.2) is 66.3 Å². The van der Waals surface area contributed by atoms with Gasteiger partial charge in [0.2, 0.25) is 0 Å². The molecule has 0 saturated heterocycles. The first kappa shape index (κ1) is 22.5. The summed E-state index contributed by atoms with van der Waals surface area (Å²) in [5.74, 6) is 1.62. The third-order valence-electron chi connectivity index (χ3n) is 7.20. The molecule has 0 radical (unpaired) electrons. The smallest absolute Gasteiger partial charge is 0.125 e. The summed E-state index contributed by atoms with van der Waals surface area (Å²) in [5, 5.41) is 10.6. The molecule has 1 atom stereocenters. The van der Waals surface area contributed by atoms with Crippen molar-refractivity contribution in [3.05, 3.63) is 83.1 Å². The molecule has 34 heavy (non-hydrogen) atoms. The van der Waals surface area contributed by atoms with Crippen molar-refractivity contribution in [2.75, 3.05) is 0 Å². The van der Waals surface area contributed by atoms with Gasteiger partial charge in [0.1, 0.15) is 18.5 Å². The fraction of sp³-hybridized carbons (Fsp3) is 0.367. The largest absolute Gasteiger partial charge is 0.489 e. The Bertz CT molecular complexity index is 1300. The molecule has 4 heteroatoms. The fourth-order valence-electron chi connectivity index (χ4n) is 5.33. The number of alkyl halides is 1. The zero-order valence-corrected chi connectivity index (χ0v) is 20.1. The number of hydrogen-bond donors (Lipinski definition) is 0. The predicted octanol–water partition coefficient (Wildman–Crippen LogP) is 7.89. The lowest BCUT2D eigenvalue weighted by molar-refractivity contribution is 0.306. The Hall–Kier alpha value is -3.32. The van der Waals surface area contributed by atoms with E-state index in [1.54, 1.807) is 0 Å². The number of ether oxygens (including phenoxy) is 1. The molecule has 1 heterocycles. The van der Waals surface area contributed by atoms with Gasteiger partial charge in [-0.1, -0.05) is 50.3 Å². The second kappa shape index (κ2) is 9.14. The minimum atomic E-state index is -0.909. The third-order valence-corrected chi connectivity index (χ3v) is 7.20. The van der Waals surface area contributed by atoms with Gasteiger partial charge in [-0.2, -0.15) is 5.26 Å². The van der Waals surface area contributed by atoms with E-state index in [9.17, 15) is 9.65 Å². The number of fused-ring (bicyclic) bond motifs is 1. The first-order valence-corrected chi connectivity index (χ1v) is 12.2. The molecular formula is C30H31FN2O. The molecular weight excluding hydrogens is 423 g/mol. The first-order chi connectivity index (χ1) is 16.5. The minimum absolute atomic E-state index is 0.129. The number of hydrogen-bond acceptors (Lipinski definition) is 2. The summed E-state index contributed by atoms with van der Waals surface area (Å²) in [4.78, 5) is 0. The summed E-state index contributed by atoms with van der Waals surface area (Å²) in [6.45, 7) is 6.83. The second-order valence-corrected chi connectivity index (χ2v) is 9.96. The Morgan fingerprint density at radius 2 is 1.91 bits per heavy atom. The molecule has 0 bridgehead atoms. The molecule has 1 fully saturated rings. The van der Waals surface area contributed by atoms with E-state index in [1.807, 2.05) is 43.3 Å². The Labute approximate surface area is 201 Å². The zero-order valence-electron chi connectivity index (χ0n) is 20.1. The molecule has 5 rings (SSSR count). The van der Waals surface area contributed by atoms with Gasteiger partial charge in [-0.25, -0.2) is 4.39 Å². The fourth-order valence-corrected chi connectivity index (χ4v) is 5.33. The Kier molecular flexibility index (Phi) is 6.04. The van der Waals surface area contributed by atoms with Gasteiger partial charge < -0.3 is 9.30 Å². The average molecular weight is 455 g/mol.